The number of alkyl halides is 3. The van der Waals surface area contributed by atoms with Gasteiger partial charge in [-0.2, -0.15) is 13.2 Å². The van der Waals surface area contributed by atoms with Crippen molar-refractivity contribution in [2.75, 3.05) is 13.1 Å². The fourth-order valence-corrected chi connectivity index (χ4v) is 5.64. The van der Waals surface area contributed by atoms with E-state index in [1.165, 1.54) is 6.07 Å². The van der Waals surface area contributed by atoms with E-state index < -0.39 is 36.2 Å². The van der Waals surface area contributed by atoms with Crippen LogP contribution in [0.1, 0.15) is 27.2 Å². The van der Waals surface area contributed by atoms with Crippen molar-refractivity contribution in [3.8, 4) is 0 Å². The fourth-order valence-electron chi connectivity index (χ4n) is 5.64. The van der Waals surface area contributed by atoms with Gasteiger partial charge in [0.05, 0.1) is 17.7 Å². The van der Waals surface area contributed by atoms with Crippen LogP contribution in [-0.4, -0.2) is 51.9 Å². The predicted molar refractivity (Wildman–Crippen MR) is 140 cm³/mol. The van der Waals surface area contributed by atoms with Gasteiger partial charge >= 0.3 is 12.1 Å². The number of aromatic nitrogens is 2. The summed E-state index contributed by atoms with van der Waals surface area (Å²) in [4.78, 5) is 51.4. The van der Waals surface area contributed by atoms with Crippen LogP contribution in [0.5, 0.6) is 0 Å². The molecule has 4 heterocycles. The molecule has 0 bridgehead atoms. The number of ketones is 1. The Morgan fingerprint density at radius 2 is 1.73 bits per heavy atom. The SMILES string of the molecule is Cn1cc(C2=C(c3c4n(c5cccc(C(=O)CNC(=O)C(F)(F)F)c35)CCNC4)C(=O)NC2=O)c2ccccc21. The van der Waals surface area contributed by atoms with E-state index in [4.69, 9.17) is 0 Å². The molecule has 2 aromatic carbocycles. The van der Waals surface area contributed by atoms with Crippen molar-refractivity contribution in [3.05, 3.63) is 71.0 Å². The number of fused-ring (bicyclic) bond motifs is 4. The van der Waals surface area contributed by atoms with Crippen LogP contribution < -0.4 is 16.0 Å². The van der Waals surface area contributed by atoms with E-state index in [1.54, 1.807) is 23.6 Å². The topological polar surface area (TPSA) is 114 Å². The van der Waals surface area contributed by atoms with Crippen molar-refractivity contribution in [2.24, 2.45) is 7.05 Å². The second kappa shape index (κ2) is 9.19. The van der Waals surface area contributed by atoms with Gasteiger partial charge in [-0.3, -0.25) is 24.5 Å². The van der Waals surface area contributed by atoms with Gasteiger partial charge in [0.15, 0.2) is 5.78 Å². The Bertz CT molecular complexity index is 1810. The second-order valence-corrected chi connectivity index (χ2v) is 9.66. The zero-order chi connectivity index (χ0) is 28.3. The molecule has 3 N–H and O–H groups in total. The number of halogens is 3. The Labute approximate surface area is 224 Å². The van der Waals surface area contributed by atoms with Crippen LogP contribution in [0.25, 0.3) is 33.0 Å². The summed E-state index contributed by atoms with van der Waals surface area (Å²) in [5, 5.41) is 8.37. The van der Waals surface area contributed by atoms with E-state index in [0.29, 0.717) is 47.4 Å². The minimum atomic E-state index is -5.14. The number of nitrogens with one attached hydrogen (secondary N) is 3. The molecule has 4 aromatic rings. The highest BCUT2D eigenvalue weighted by atomic mass is 19.4. The Hall–Kier alpha value is -4.71. The summed E-state index contributed by atoms with van der Waals surface area (Å²) in [7, 11) is 1.83. The number of rotatable bonds is 5. The molecule has 0 unspecified atom stereocenters. The van der Waals surface area contributed by atoms with Crippen LogP contribution in [0.2, 0.25) is 0 Å². The molecular formula is C28H22F3N5O4. The lowest BCUT2D eigenvalue weighted by atomic mass is 9.91. The standard InChI is InChI=1S/C28H22F3N5O4/c1-35-13-16(14-5-2-3-7-17(14)35)22-24(26(39)34-25(22)38)23-19-11-32-9-10-36(19)18-8-4-6-15(21(18)23)20(37)12-33-27(40)28(29,30)31/h2-8,13,32H,9-12H2,1H3,(H,33,40)(H,34,38,39). The van der Waals surface area contributed by atoms with Gasteiger partial charge < -0.3 is 19.8 Å². The summed E-state index contributed by atoms with van der Waals surface area (Å²) < 4.78 is 42.1. The molecule has 0 spiro atoms. The van der Waals surface area contributed by atoms with Crippen molar-refractivity contribution in [1.82, 2.24) is 25.1 Å². The molecule has 0 aliphatic carbocycles. The van der Waals surface area contributed by atoms with E-state index in [2.05, 4.69) is 10.6 Å². The minimum absolute atomic E-state index is 0.0359. The fraction of sp³-hybridized carbons (Fsp3) is 0.214. The molecule has 0 saturated heterocycles. The predicted octanol–water partition coefficient (Wildman–Crippen LogP) is 2.66. The number of hydrogen-bond donors (Lipinski definition) is 3. The lowest BCUT2D eigenvalue weighted by molar-refractivity contribution is -0.173. The lowest BCUT2D eigenvalue weighted by Crippen LogP contribution is -2.39. The average Bonchev–Trinajstić information content (AvgIpc) is 3.54. The molecule has 2 aliphatic heterocycles. The number of Topliss-reactive ketones (excluding diaryl/α,β-unsaturated/α-hetero) is 1. The van der Waals surface area contributed by atoms with E-state index in [1.807, 2.05) is 40.4 Å². The Kier molecular flexibility index (Phi) is 5.88. The molecule has 12 heteroatoms. The summed E-state index contributed by atoms with van der Waals surface area (Å²) in [6.45, 7) is 0.545. The molecule has 2 aromatic heterocycles. The third-order valence-corrected chi connectivity index (χ3v) is 7.32. The number of carbonyl (C=O) groups excluding carboxylic acids is 4. The molecular weight excluding hydrogens is 527 g/mol. The number of benzene rings is 2. The molecule has 0 fully saturated rings. The Balaban J connectivity index is 1.61. The number of carbonyl (C=O) groups is 4. The summed E-state index contributed by atoms with van der Waals surface area (Å²) in [6.07, 6.45) is -3.38. The quantitative estimate of drug-likeness (QED) is 0.262. The number of amides is 3. The van der Waals surface area contributed by atoms with Crippen LogP contribution in [-0.2, 0) is 34.5 Å². The molecule has 6 rings (SSSR count). The molecule has 0 saturated carbocycles. The first kappa shape index (κ1) is 25.6. The normalized spacial score (nSPS) is 15.6. The van der Waals surface area contributed by atoms with Gasteiger partial charge in [-0.25, -0.2) is 0 Å². The van der Waals surface area contributed by atoms with Gasteiger partial charge in [0.1, 0.15) is 0 Å². The van der Waals surface area contributed by atoms with Crippen molar-refractivity contribution in [1.29, 1.82) is 0 Å². The third-order valence-electron chi connectivity index (χ3n) is 7.32. The van der Waals surface area contributed by atoms with Gasteiger partial charge in [0, 0.05) is 77.1 Å². The van der Waals surface area contributed by atoms with Crippen molar-refractivity contribution < 1.29 is 32.3 Å². The smallest absolute Gasteiger partial charge is 0.350 e. The zero-order valence-electron chi connectivity index (χ0n) is 21.1. The average molecular weight is 550 g/mol. The van der Waals surface area contributed by atoms with Crippen molar-refractivity contribution >= 4 is 56.5 Å². The van der Waals surface area contributed by atoms with E-state index in [-0.39, 0.29) is 16.7 Å². The first-order chi connectivity index (χ1) is 19.1. The summed E-state index contributed by atoms with van der Waals surface area (Å²) in [6, 6.07) is 12.2. The van der Waals surface area contributed by atoms with Crippen molar-refractivity contribution in [2.45, 2.75) is 19.3 Å². The summed E-state index contributed by atoms with van der Waals surface area (Å²) >= 11 is 0. The van der Waals surface area contributed by atoms with Crippen molar-refractivity contribution in [3.63, 3.8) is 0 Å². The second-order valence-electron chi connectivity index (χ2n) is 9.66. The highest BCUT2D eigenvalue weighted by Gasteiger charge is 2.40. The van der Waals surface area contributed by atoms with Gasteiger partial charge in [-0.15, -0.1) is 0 Å². The van der Waals surface area contributed by atoms with Crippen LogP contribution >= 0.6 is 0 Å². The molecule has 0 atom stereocenters. The number of nitrogens with zero attached hydrogens (tertiary/aromatic N) is 2. The number of para-hydroxylation sites is 1. The number of hydrogen-bond acceptors (Lipinski definition) is 5. The minimum Gasteiger partial charge on any atom is -0.350 e. The molecule has 9 nitrogen and oxygen atoms in total. The van der Waals surface area contributed by atoms with Crippen LogP contribution in [0, 0.1) is 0 Å². The highest BCUT2D eigenvalue weighted by molar-refractivity contribution is 6.51. The monoisotopic (exact) mass is 549 g/mol. The maximum Gasteiger partial charge on any atom is 0.471 e. The Morgan fingerprint density at radius 3 is 2.50 bits per heavy atom. The third kappa shape index (κ3) is 3.90. The van der Waals surface area contributed by atoms with Crippen LogP contribution in [0.15, 0.2) is 48.7 Å². The molecule has 204 valence electrons. The van der Waals surface area contributed by atoms with Gasteiger partial charge in [0.25, 0.3) is 11.8 Å². The van der Waals surface area contributed by atoms with E-state index in [0.717, 1.165) is 10.9 Å². The number of aryl methyl sites for hydroxylation is 1. The maximum absolute atomic E-state index is 13.5. The molecule has 0 radical (unpaired) electrons. The van der Waals surface area contributed by atoms with E-state index in [9.17, 15) is 32.3 Å². The van der Waals surface area contributed by atoms with Gasteiger partial charge in [-0.05, 0) is 12.1 Å². The molecule has 2 aliphatic rings. The molecule has 40 heavy (non-hydrogen) atoms. The highest BCUT2D eigenvalue weighted by Crippen LogP contribution is 2.42. The maximum atomic E-state index is 13.5. The summed E-state index contributed by atoms with van der Waals surface area (Å²) in [5.41, 5.74) is 3.27. The van der Waals surface area contributed by atoms with E-state index >= 15 is 0 Å². The van der Waals surface area contributed by atoms with Crippen LogP contribution in [0.4, 0.5) is 13.2 Å². The van der Waals surface area contributed by atoms with Crippen LogP contribution in [0.3, 0.4) is 0 Å². The largest absolute Gasteiger partial charge is 0.471 e. The summed E-state index contributed by atoms with van der Waals surface area (Å²) in [5.74, 6) is -4.22. The zero-order valence-corrected chi connectivity index (χ0v) is 21.1. The van der Waals surface area contributed by atoms with Gasteiger partial charge in [-0.1, -0.05) is 30.3 Å². The number of imide groups is 1. The molecule has 3 amide bonds. The first-order valence-corrected chi connectivity index (χ1v) is 12.5. The Morgan fingerprint density at radius 1 is 1.00 bits per heavy atom. The van der Waals surface area contributed by atoms with Gasteiger partial charge in [0.2, 0.25) is 0 Å². The lowest BCUT2D eigenvalue weighted by Gasteiger charge is -2.19. The first-order valence-electron chi connectivity index (χ1n) is 12.5.